The Labute approximate surface area is 74.4 Å². The molecular weight excluding hydrogens is 168 g/mol. The Hall–Kier alpha value is -1.65. The van der Waals surface area contributed by atoms with Crippen LogP contribution in [0.5, 0.6) is 0 Å². The summed E-state index contributed by atoms with van der Waals surface area (Å²) in [4.78, 5) is 18.3. The molecule has 0 amide bonds. The normalized spacial score (nSPS) is 11.0. The molecule has 0 saturated heterocycles. The number of hydrogen-bond donors (Lipinski definition) is 1. The maximum atomic E-state index is 11.5. The van der Waals surface area contributed by atoms with E-state index in [4.69, 9.17) is 0 Å². The SMILES string of the molecule is Cc1nn2c(C)nc(C)c2c(=O)[nH]1. The van der Waals surface area contributed by atoms with Crippen LogP contribution in [-0.4, -0.2) is 19.6 Å². The Balaban J connectivity index is 3.06. The van der Waals surface area contributed by atoms with E-state index in [1.165, 1.54) is 0 Å². The topological polar surface area (TPSA) is 63.1 Å². The fraction of sp³-hybridized carbons (Fsp3) is 0.375. The second-order valence-electron chi connectivity index (χ2n) is 3.04. The van der Waals surface area contributed by atoms with Crippen molar-refractivity contribution in [1.29, 1.82) is 0 Å². The molecule has 2 aromatic rings. The number of rotatable bonds is 0. The van der Waals surface area contributed by atoms with E-state index in [-0.39, 0.29) is 5.56 Å². The molecule has 0 atom stereocenters. The molecule has 13 heavy (non-hydrogen) atoms. The van der Waals surface area contributed by atoms with Gasteiger partial charge in [-0.2, -0.15) is 5.10 Å². The first-order valence-electron chi connectivity index (χ1n) is 4.02. The molecule has 0 fully saturated rings. The third kappa shape index (κ3) is 1.04. The summed E-state index contributed by atoms with van der Waals surface area (Å²) in [5.41, 5.74) is 1.11. The molecule has 0 unspecified atom stereocenters. The monoisotopic (exact) mass is 178 g/mol. The maximum Gasteiger partial charge on any atom is 0.277 e. The van der Waals surface area contributed by atoms with Crippen LogP contribution in [0.2, 0.25) is 0 Å². The number of fused-ring (bicyclic) bond motifs is 1. The lowest BCUT2D eigenvalue weighted by atomic mass is 10.4. The number of H-pyrrole nitrogens is 1. The molecule has 5 nitrogen and oxygen atoms in total. The fourth-order valence-corrected chi connectivity index (χ4v) is 1.44. The van der Waals surface area contributed by atoms with Crippen LogP contribution >= 0.6 is 0 Å². The van der Waals surface area contributed by atoms with E-state index in [1.54, 1.807) is 18.4 Å². The molecule has 0 radical (unpaired) electrons. The van der Waals surface area contributed by atoms with Crippen molar-refractivity contribution in [2.24, 2.45) is 0 Å². The van der Waals surface area contributed by atoms with Gasteiger partial charge < -0.3 is 4.98 Å². The zero-order valence-electron chi connectivity index (χ0n) is 7.75. The van der Waals surface area contributed by atoms with Gasteiger partial charge in [0.2, 0.25) is 0 Å². The van der Waals surface area contributed by atoms with Crippen LogP contribution in [0.4, 0.5) is 0 Å². The van der Waals surface area contributed by atoms with Crippen molar-refractivity contribution in [2.75, 3.05) is 0 Å². The summed E-state index contributed by atoms with van der Waals surface area (Å²) >= 11 is 0. The van der Waals surface area contributed by atoms with Crippen LogP contribution in [0.25, 0.3) is 5.52 Å². The van der Waals surface area contributed by atoms with Crippen LogP contribution < -0.4 is 5.56 Å². The van der Waals surface area contributed by atoms with Gasteiger partial charge in [0.05, 0.1) is 5.69 Å². The third-order valence-corrected chi connectivity index (χ3v) is 1.95. The van der Waals surface area contributed by atoms with Crippen LogP contribution in [0.15, 0.2) is 4.79 Å². The van der Waals surface area contributed by atoms with E-state index in [0.717, 1.165) is 5.82 Å². The molecule has 1 N–H and O–H groups in total. The average Bonchev–Trinajstić information content (AvgIpc) is 2.27. The number of nitrogens with one attached hydrogen (secondary N) is 1. The van der Waals surface area contributed by atoms with Gasteiger partial charge in [0.15, 0.2) is 5.52 Å². The van der Waals surface area contributed by atoms with Crippen molar-refractivity contribution in [2.45, 2.75) is 20.8 Å². The van der Waals surface area contributed by atoms with E-state index in [9.17, 15) is 4.79 Å². The Morgan fingerprint density at radius 3 is 2.69 bits per heavy atom. The Bertz CT molecular complexity index is 523. The number of hydrogen-bond acceptors (Lipinski definition) is 3. The molecule has 0 bridgehead atoms. The van der Waals surface area contributed by atoms with Gasteiger partial charge >= 0.3 is 0 Å². The molecule has 0 aliphatic heterocycles. The Morgan fingerprint density at radius 1 is 1.31 bits per heavy atom. The van der Waals surface area contributed by atoms with Gasteiger partial charge in [-0.3, -0.25) is 4.79 Å². The molecule has 68 valence electrons. The van der Waals surface area contributed by atoms with Crippen molar-refractivity contribution < 1.29 is 0 Å². The Kier molecular flexibility index (Phi) is 1.48. The van der Waals surface area contributed by atoms with Crippen molar-refractivity contribution in [3.8, 4) is 0 Å². The largest absolute Gasteiger partial charge is 0.307 e. The van der Waals surface area contributed by atoms with E-state index in [1.807, 2.05) is 6.92 Å². The first-order valence-corrected chi connectivity index (χ1v) is 4.02. The molecule has 0 aliphatic rings. The molecule has 0 aromatic carbocycles. The van der Waals surface area contributed by atoms with Crippen LogP contribution in [0.1, 0.15) is 17.3 Å². The lowest BCUT2D eigenvalue weighted by molar-refractivity contribution is 0.807. The number of aromatic nitrogens is 4. The number of nitrogens with zero attached hydrogens (tertiary/aromatic N) is 3. The lowest BCUT2D eigenvalue weighted by Crippen LogP contribution is -2.14. The van der Waals surface area contributed by atoms with Crippen LogP contribution in [-0.2, 0) is 0 Å². The van der Waals surface area contributed by atoms with Gasteiger partial charge in [0.25, 0.3) is 5.56 Å². The highest BCUT2D eigenvalue weighted by atomic mass is 16.1. The van der Waals surface area contributed by atoms with Gasteiger partial charge in [-0.1, -0.05) is 0 Å². The van der Waals surface area contributed by atoms with Crippen LogP contribution in [0, 0.1) is 20.8 Å². The predicted octanol–water partition coefficient (Wildman–Crippen LogP) is 0.343. The van der Waals surface area contributed by atoms with E-state index >= 15 is 0 Å². The molecular formula is C8H10N4O. The van der Waals surface area contributed by atoms with E-state index in [2.05, 4.69) is 15.1 Å². The van der Waals surface area contributed by atoms with Crippen molar-refractivity contribution in [3.63, 3.8) is 0 Å². The molecule has 2 rings (SSSR count). The second-order valence-corrected chi connectivity index (χ2v) is 3.04. The summed E-state index contributed by atoms with van der Waals surface area (Å²) in [6.45, 7) is 5.37. The molecule has 5 heteroatoms. The standard InChI is InChI=1S/C8H10N4O/c1-4-7-8(13)10-5(2)11-12(7)6(3)9-4/h1-3H3,(H,10,11,13). The molecule has 2 aromatic heterocycles. The second kappa shape index (κ2) is 2.42. The Morgan fingerprint density at radius 2 is 2.00 bits per heavy atom. The maximum absolute atomic E-state index is 11.5. The predicted molar refractivity (Wildman–Crippen MR) is 47.8 cm³/mol. The fourth-order valence-electron chi connectivity index (χ4n) is 1.44. The van der Waals surface area contributed by atoms with Gasteiger partial charge in [0, 0.05) is 0 Å². The minimum absolute atomic E-state index is 0.134. The summed E-state index contributed by atoms with van der Waals surface area (Å²) in [6.07, 6.45) is 0. The number of imidazole rings is 1. The smallest absolute Gasteiger partial charge is 0.277 e. The minimum atomic E-state index is -0.134. The highest BCUT2D eigenvalue weighted by molar-refractivity contribution is 5.49. The highest BCUT2D eigenvalue weighted by Crippen LogP contribution is 2.04. The average molecular weight is 178 g/mol. The summed E-state index contributed by atoms with van der Waals surface area (Å²) in [6, 6.07) is 0. The van der Waals surface area contributed by atoms with Gasteiger partial charge in [0.1, 0.15) is 11.6 Å². The molecule has 0 spiro atoms. The lowest BCUT2D eigenvalue weighted by Gasteiger charge is -1.95. The minimum Gasteiger partial charge on any atom is -0.307 e. The van der Waals surface area contributed by atoms with Crippen molar-refractivity contribution in [1.82, 2.24) is 19.6 Å². The van der Waals surface area contributed by atoms with Crippen molar-refractivity contribution in [3.05, 3.63) is 27.7 Å². The summed E-state index contributed by atoms with van der Waals surface area (Å²) in [7, 11) is 0. The van der Waals surface area contributed by atoms with Crippen molar-refractivity contribution >= 4 is 5.52 Å². The summed E-state index contributed by atoms with van der Waals surface area (Å²) in [5, 5.41) is 4.16. The first kappa shape index (κ1) is 7.97. The summed E-state index contributed by atoms with van der Waals surface area (Å²) in [5.74, 6) is 1.33. The number of aromatic amines is 1. The molecule has 2 heterocycles. The molecule has 0 saturated carbocycles. The number of aryl methyl sites for hydroxylation is 3. The van der Waals surface area contributed by atoms with E-state index < -0.39 is 0 Å². The highest BCUT2D eigenvalue weighted by Gasteiger charge is 2.08. The zero-order valence-corrected chi connectivity index (χ0v) is 7.75. The molecule has 0 aliphatic carbocycles. The first-order chi connectivity index (χ1) is 6.09. The summed E-state index contributed by atoms with van der Waals surface area (Å²) < 4.78 is 1.57. The van der Waals surface area contributed by atoms with Crippen LogP contribution in [0.3, 0.4) is 0 Å². The third-order valence-electron chi connectivity index (χ3n) is 1.95. The van der Waals surface area contributed by atoms with Gasteiger partial charge in [-0.15, -0.1) is 0 Å². The quantitative estimate of drug-likeness (QED) is 0.632. The zero-order chi connectivity index (χ0) is 9.59. The van der Waals surface area contributed by atoms with Gasteiger partial charge in [-0.05, 0) is 20.8 Å². The van der Waals surface area contributed by atoms with E-state index in [0.29, 0.717) is 17.0 Å². The van der Waals surface area contributed by atoms with Gasteiger partial charge in [-0.25, -0.2) is 9.50 Å².